The van der Waals surface area contributed by atoms with E-state index in [0.717, 1.165) is 42.4 Å². The molecule has 0 amide bonds. The van der Waals surface area contributed by atoms with Crippen LogP contribution in [0.1, 0.15) is 56.8 Å². The Kier molecular flexibility index (Phi) is 5.17. The Bertz CT molecular complexity index is 446. The van der Waals surface area contributed by atoms with E-state index in [1.165, 1.54) is 12.8 Å². The van der Waals surface area contributed by atoms with Crippen molar-refractivity contribution < 1.29 is 5.11 Å². The van der Waals surface area contributed by atoms with Gasteiger partial charge in [-0.1, -0.05) is 13.8 Å². The zero-order valence-electron chi connectivity index (χ0n) is 12.7. The number of nitrogens with one attached hydrogen (secondary N) is 2. The van der Waals surface area contributed by atoms with E-state index in [-0.39, 0.29) is 6.10 Å². The van der Waals surface area contributed by atoms with Gasteiger partial charge in [-0.05, 0) is 32.6 Å². The first-order valence-electron chi connectivity index (χ1n) is 7.70. The maximum Gasteiger partial charge on any atom is 0.136 e. The first-order valence-corrected chi connectivity index (χ1v) is 7.70. The monoisotopic (exact) mass is 278 g/mol. The zero-order valence-corrected chi connectivity index (χ0v) is 12.7. The van der Waals surface area contributed by atoms with Crippen LogP contribution in [0.25, 0.3) is 0 Å². The van der Waals surface area contributed by atoms with Gasteiger partial charge in [0.1, 0.15) is 17.5 Å². The van der Waals surface area contributed by atoms with E-state index >= 15 is 0 Å². The summed E-state index contributed by atoms with van der Waals surface area (Å²) in [7, 11) is 0. The molecule has 0 aliphatic heterocycles. The zero-order chi connectivity index (χ0) is 14.5. The van der Waals surface area contributed by atoms with Crippen molar-refractivity contribution in [3.05, 3.63) is 11.4 Å². The maximum absolute atomic E-state index is 9.69. The maximum atomic E-state index is 9.69. The summed E-state index contributed by atoms with van der Waals surface area (Å²) in [4.78, 5) is 9.29. The Morgan fingerprint density at radius 2 is 1.85 bits per heavy atom. The fourth-order valence-corrected chi connectivity index (χ4v) is 2.00. The lowest BCUT2D eigenvalue weighted by molar-refractivity contribution is 0.183. The lowest BCUT2D eigenvalue weighted by atomic mass is 10.2. The smallest absolute Gasteiger partial charge is 0.136 e. The van der Waals surface area contributed by atoms with Crippen LogP contribution in [0.4, 0.5) is 11.6 Å². The molecule has 1 aliphatic carbocycles. The lowest BCUT2D eigenvalue weighted by Crippen LogP contribution is -2.20. The summed E-state index contributed by atoms with van der Waals surface area (Å²) in [5.74, 6) is 3.24. The van der Waals surface area contributed by atoms with Gasteiger partial charge in [0.2, 0.25) is 0 Å². The number of hydrogen-bond acceptors (Lipinski definition) is 5. The van der Waals surface area contributed by atoms with Crippen molar-refractivity contribution >= 4 is 11.6 Å². The standard InChI is InChI=1S/C15H26N4O/c1-4-8-16-13-10(3)14(17-9-12(20)5-2)19-15(18-13)11-6-7-11/h11-12,20H,4-9H2,1-3H3,(H2,16,17,18,19). The van der Waals surface area contributed by atoms with Crippen LogP contribution in [-0.4, -0.2) is 34.3 Å². The predicted molar refractivity (Wildman–Crippen MR) is 82.3 cm³/mol. The van der Waals surface area contributed by atoms with Gasteiger partial charge < -0.3 is 15.7 Å². The number of nitrogens with zero attached hydrogens (tertiary/aromatic N) is 2. The van der Waals surface area contributed by atoms with Crippen molar-refractivity contribution in [2.24, 2.45) is 0 Å². The van der Waals surface area contributed by atoms with E-state index in [1.54, 1.807) is 0 Å². The van der Waals surface area contributed by atoms with Crippen molar-refractivity contribution in [3.8, 4) is 0 Å². The second kappa shape index (κ2) is 6.88. The van der Waals surface area contributed by atoms with Gasteiger partial charge in [-0.25, -0.2) is 9.97 Å². The average molecular weight is 278 g/mol. The van der Waals surface area contributed by atoms with Crippen molar-refractivity contribution in [3.63, 3.8) is 0 Å². The van der Waals surface area contributed by atoms with Crippen LogP contribution < -0.4 is 10.6 Å². The molecule has 0 aromatic carbocycles. The van der Waals surface area contributed by atoms with Crippen LogP contribution in [0.15, 0.2) is 0 Å². The highest BCUT2D eigenvalue weighted by atomic mass is 16.3. The second-order valence-corrected chi connectivity index (χ2v) is 5.55. The molecule has 0 radical (unpaired) electrons. The Morgan fingerprint density at radius 1 is 1.20 bits per heavy atom. The molecule has 0 saturated heterocycles. The van der Waals surface area contributed by atoms with Gasteiger partial charge in [-0.15, -0.1) is 0 Å². The molecule has 0 spiro atoms. The number of aromatic nitrogens is 2. The summed E-state index contributed by atoms with van der Waals surface area (Å²) in [6.45, 7) is 7.59. The summed E-state index contributed by atoms with van der Waals surface area (Å²) < 4.78 is 0. The third-order valence-corrected chi connectivity index (χ3v) is 3.62. The Hall–Kier alpha value is -1.36. The first kappa shape index (κ1) is 15.0. The molecule has 1 heterocycles. The largest absolute Gasteiger partial charge is 0.391 e. The molecular weight excluding hydrogens is 252 g/mol. The second-order valence-electron chi connectivity index (χ2n) is 5.55. The van der Waals surface area contributed by atoms with Crippen molar-refractivity contribution in [2.45, 2.75) is 58.5 Å². The highest BCUT2D eigenvalue weighted by Gasteiger charge is 2.28. The summed E-state index contributed by atoms with van der Waals surface area (Å²) in [6, 6.07) is 0. The molecular formula is C15H26N4O. The van der Waals surface area contributed by atoms with E-state index < -0.39 is 0 Å². The number of anilines is 2. The molecule has 5 nitrogen and oxygen atoms in total. The molecule has 0 bridgehead atoms. The normalized spacial score (nSPS) is 16.0. The quantitative estimate of drug-likeness (QED) is 0.682. The summed E-state index contributed by atoms with van der Waals surface area (Å²) in [5, 5.41) is 16.3. The average Bonchev–Trinajstić information content (AvgIpc) is 3.29. The molecule has 1 aromatic heterocycles. The Balaban J connectivity index is 2.16. The van der Waals surface area contributed by atoms with E-state index in [2.05, 4.69) is 27.5 Å². The Labute approximate surface area is 121 Å². The molecule has 3 N–H and O–H groups in total. The van der Waals surface area contributed by atoms with Crippen LogP contribution in [0.3, 0.4) is 0 Å². The minimum absolute atomic E-state index is 0.333. The number of aliphatic hydroxyl groups excluding tert-OH is 1. The molecule has 1 aliphatic rings. The van der Waals surface area contributed by atoms with Crippen molar-refractivity contribution in [1.29, 1.82) is 0 Å². The number of hydrogen-bond donors (Lipinski definition) is 3. The first-order chi connectivity index (χ1) is 9.65. The van der Waals surface area contributed by atoms with E-state index in [0.29, 0.717) is 12.5 Å². The highest BCUT2D eigenvalue weighted by molar-refractivity contribution is 5.57. The third-order valence-electron chi connectivity index (χ3n) is 3.62. The fraction of sp³-hybridized carbons (Fsp3) is 0.733. The van der Waals surface area contributed by atoms with E-state index in [9.17, 15) is 5.11 Å². The molecule has 20 heavy (non-hydrogen) atoms. The van der Waals surface area contributed by atoms with Crippen LogP contribution >= 0.6 is 0 Å². The molecule has 5 heteroatoms. The summed E-state index contributed by atoms with van der Waals surface area (Å²) in [6.07, 6.45) is 3.86. The van der Waals surface area contributed by atoms with Gasteiger partial charge >= 0.3 is 0 Å². The molecule has 1 aromatic rings. The molecule has 1 atom stereocenters. The minimum atomic E-state index is -0.333. The van der Waals surface area contributed by atoms with Gasteiger partial charge in [-0.3, -0.25) is 0 Å². The minimum Gasteiger partial charge on any atom is -0.391 e. The van der Waals surface area contributed by atoms with Crippen LogP contribution in [0.5, 0.6) is 0 Å². The molecule has 2 rings (SSSR count). The van der Waals surface area contributed by atoms with Crippen LogP contribution in [0, 0.1) is 6.92 Å². The highest BCUT2D eigenvalue weighted by Crippen LogP contribution is 2.39. The Morgan fingerprint density at radius 3 is 2.40 bits per heavy atom. The van der Waals surface area contributed by atoms with Gasteiger partial charge in [0.25, 0.3) is 0 Å². The molecule has 1 unspecified atom stereocenters. The van der Waals surface area contributed by atoms with Gasteiger partial charge in [0.15, 0.2) is 0 Å². The van der Waals surface area contributed by atoms with Gasteiger partial charge in [-0.2, -0.15) is 0 Å². The number of aliphatic hydroxyl groups is 1. The predicted octanol–water partition coefficient (Wildman–Crippen LogP) is 2.67. The fourth-order valence-electron chi connectivity index (χ4n) is 2.00. The molecule has 112 valence electrons. The lowest BCUT2D eigenvalue weighted by Gasteiger charge is -2.16. The van der Waals surface area contributed by atoms with Crippen molar-refractivity contribution in [1.82, 2.24) is 9.97 Å². The van der Waals surface area contributed by atoms with E-state index in [1.807, 2.05) is 13.8 Å². The molecule has 1 fully saturated rings. The number of rotatable bonds is 8. The van der Waals surface area contributed by atoms with E-state index in [4.69, 9.17) is 0 Å². The van der Waals surface area contributed by atoms with Gasteiger partial charge in [0.05, 0.1) is 6.10 Å². The summed E-state index contributed by atoms with van der Waals surface area (Å²) >= 11 is 0. The SMILES string of the molecule is CCCNc1nc(C2CC2)nc(NCC(O)CC)c1C. The van der Waals surface area contributed by atoms with Crippen LogP contribution in [0.2, 0.25) is 0 Å². The van der Waals surface area contributed by atoms with Gasteiger partial charge in [0, 0.05) is 24.6 Å². The summed E-state index contributed by atoms with van der Waals surface area (Å²) in [5.41, 5.74) is 1.03. The van der Waals surface area contributed by atoms with Crippen molar-refractivity contribution in [2.75, 3.05) is 23.7 Å². The third kappa shape index (κ3) is 3.82. The van der Waals surface area contributed by atoms with Crippen LogP contribution in [-0.2, 0) is 0 Å². The topological polar surface area (TPSA) is 70.1 Å². The molecule has 1 saturated carbocycles.